The first kappa shape index (κ1) is 14.7. The molecule has 1 aromatic carbocycles. The Morgan fingerprint density at radius 3 is 2.86 bits per heavy atom. The monoisotopic (exact) mass is 336 g/mol. The van der Waals surface area contributed by atoms with E-state index >= 15 is 0 Å². The molecule has 112 valence electrons. The Morgan fingerprint density at radius 2 is 2.14 bits per heavy atom. The topological polar surface area (TPSA) is 69.4 Å². The van der Waals surface area contributed by atoms with Crippen LogP contribution in [0.3, 0.4) is 0 Å². The highest BCUT2D eigenvalue weighted by atomic mass is 35.5. The van der Waals surface area contributed by atoms with Crippen molar-refractivity contribution in [2.45, 2.75) is 13.5 Å². The highest BCUT2D eigenvalue weighted by Gasteiger charge is 2.16. The van der Waals surface area contributed by atoms with Crippen molar-refractivity contribution < 1.29 is 9.53 Å². The van der Waals surface area contributed by atoms with E-state index in [4.69, 9.17) is 27.9 Å². The molecule has 2 aromatic heterocycles. The lowest BCUT2D eigenvalue weighted by Gasteiger charge is -2.05. The zero-order valence-corrected chi connectivity index (χ0v) is 13.0. The fourth-order valence-corrected chi connectivity index (χ4v) is 2.30. The molecule has 0 radical (unpaired) electrons. The largest absolute Gasteiger partial charge is 0.455 e. The van der Waals surface area contributed by atoms with Crippen LogP contribution in [0.25, 0.3) is 5.78 Å². The molecule has 3 rings (SSSR count). The number of fused-ring (bicyclic) bond motifs is 1. The van der Waals surface area contributed by atoms with Gasteiger partial charge in [0.15, 0.2) is 0 Å². The maximum absolute atomic E-state index is 12.0. The van der Waals surface area contributed by atoms with Crippen molar-refractivity contribution in [3.05, 3.63) is 57.6 Å². The highest BCUT2D eigenvalue weighted by Crippen LogP contribution is 2.21. The Labute approximate surface area is 135 Å². The van der Waals surface area contributed by atoms with E-state index in [0.29, 0.717) is 21.4 Å². The highest BCUT2D eigenvalue weighted by molar-refractivity contribution is 6.35. The first-order valence-corrected chi connectivity index (χ1v) is 7.09. The summed E-state index contributed by atoms with van der Waals surface area (Å²) in [5.41, 5.74) is 1.47. The van der Waals surface area contributed by atoms with Crippen LogP contribution in [0, 0.1) is 6.92 Å². The molecule has 0 atom stereocenters. The van der Waals surface area contributed by atoms with Gasteiger partial charge in [-0.3, -0.25) is 0 Å². The molecule has 8 heteroatoms. The van der Waals surface area contributed by atoms with E-state index in [9.17, 15) is 4.79 Å². The predicted octanol–water partition coefficient (Wildman–Crippen LogP) is 3.10. The minimum Gasteiger partial charge on any atom is -0.455 e. The van der Waals surface area contributed by atoms with Gasteiger partial charge in [0.2, 0.25) is 0 Å². The number of aromatic nitrogens is 4. The average Bonchev–Trinajstić information content (AvgIpc) is 2.92. The van der Waals surface area contributed by atoms with Crippen molar-refractivity contribution in [2.24, 2.45) is 0 Å². The van der Waals surface area contributed by atoms with Crippen LogP contribution < -0.4 is 0 Å². The zero-order chi connectivity index (χ0) is 15.7. The van der Waals surface area contributed by atoms with Gasteiger partial charge in [-0.1, -0.05) is 29.3 Å². The molecule has 22 heavy (non-hydrogen) atoms. The molecule has 0 amide bonds. The summed E-state index contributed by atoms with van der Waals surface area (Å²) in [5, 5.41) is 5.02. The molecule has 0 N–H and O–H groups in total. The molecule has 0 aliphatic heterocycles. The van der Waals surface area contributed by atoms with E-state index in [1.165, 1.54) is 4.52 Å². The van der Waals surface area contributed by atoms with Gasteiger partial charge in [-0.05, 0) is 25.1 Å². The van der Waals surface area contributed by atoms with E-state index < -0.39 is 5.97 Å². The number of hydrogen-bond acceptors (Lipinski definition) is 5. The number of carbonyl (C=O) groups excluding carboxylic acids is 1. The molecule has 2 heterocycles. The van der Waals surface area contributed by atoms with E-state index in [0.717, 1.165) is 5.69 Å². The molecule has 0 aliphatic rings. The summed E-state index contributed by atoms with van der Waals surface area (Å²) in [6.45, 7) is 1.85. The third-order valence-corrected chi connectivity index (χ3v) is 3.57. The summed E-state index contributed by atoms with van der Waals surface area (Å²) in [4.78, 5) is 20.1. The van der Waals surface area contributed by atoms with E-state index in [-0.39, 0.29) is 12.4 Å². The van der Waals surface area contributed by atoms with Gasteiger partial charge in [0.25, 0.3) is 11.6 Å². The van der Waals surface area contributed by atoms with Crippen LogP contribution in [-0.4, -0.2) is 25.6 Å². The first-order chi connectivity index (χ1) is 10.5. The second-order valence-corrected chi connectivity index (χ2v) is 5.39. The summed E-state index contributed by atoms with van der Waals surface area (Å²) in [6, 6.07) is 6.72. The molecular weight excluding hydrogens is 327 g/mol. The third-order valence-electron chi connectivity index (χ3n) is 2.99. The number of ether oxygens (including phenoxy) is 1. The summed E-state index contributed by atoms with van der Waals surface area (Å²) < 4.78 is 6.65. The molecule has 0 aliphatic carbocycles. The number of esters is 1. The van der Waals surface area contributed by atoms with Gasteiger partial charge in [0.05, 0.1) is 0 Å². The molecule has 0 saturated carbocycles. The molecule has 0 saturated heterocycles. The van der Waals surface area contributed by atoms with E-state index in [1.54, 1.807) is 30.5 Å². The van der Waals surface area contributed by atoms with Crippen LogP contribution in [0.1, 0.15) is 21.9 Å². The maximum atomic E-state index is 12.0. The normalized spacial score (nSPS) is 10.9. The minimum absolute atomic E-state index is 0.0107. The lowest BCUT2D eigenvalue weighted by Crippen LogP contribution is -2.08. The molecule has 0 bridgehead atoms. The van der Waals surface area contributed by atoms with E-state index in [1.807, 2.05) is 6.92 Å². The van der Waals surface area contributed by atoms with Crippen LogP contribution in [0.4, 0.5) is 0 Å². The first-order valence-electron chi connectivity index (χ1n) is 6.34. The second-order valence-electron chi connectivity index (χ2n) is 4.55. The van der Waals surface area contributed by atoms with Crippen LogP contribution in [0.5, 0.6) is 0 Å². The number of hydrogen-bond donors (Lipinski definition) is 0. The van der Waals surface area contributed by atoms with Crippen LogP contribution in [0.15, 0.2) is 30.5 Å². The van der Waals surface area contributed by atoms with Gasteiger partial charge < -0.3 is 4.74 Å². The molecule has 0 fully saturated rings. The SMILES string of the molecule is Cc1ccnc2nc(C(=O)OCc3ccc(Cl)cc3Cl)nn12. The van der Waals surface area contributed by atoms with Crippen molar-refractivity contribution in [3.8, 4) is 0 Å². The molecule has 0 unspecified atom stereocenters. The Balaban J connectivity index is 1.77. The fourth-order valence-electron chi connectivity index (χ4n) is 1.84. The number of nitrogens with zero attached hydrogens (tertiary/aromatic N) is 4. The Morgan fingerprint density at radius 1 is 1.32 bits per heavy atom. The fraction of sp³-hybridized carbons (Fsp3) is 0.143. The summed E-state index contributed by atoms with van der Waals surface area (Å²) >= 11 is 11.8. The van der Waals surface area contributed by atoms with Crippen molar-refractivity contribution in [3.63, 3.8) is 0 Å². The number of rotatable bonds is 3. The standard InChI is InChI=1S/C14H10Cl2N4O2/c1-8-4-5-17-14-18-12(19-20(8)14)13(21)22-7-9-2-3-10(15)6-11(9)16/h2-6H,7H2,1H3. The van der Waals surface area contributed by atoms with Crippen LogP contribution >= 0.6 is 23.2 Å². The van der Waals surface area contributed by atoms with Crippen LogP contribution in [0.2, 0.25) is 10.0 Å². The Kier molecular flexibility index (Phi) is 3.96. The number of aryl methyl sites for hydroxylation is 1. The lowest BCUT2D eigenvalue weighted by molar-refractivity contribution is 0.0458. The minimum atomic E-state index is -0.643. The predicted molar refractivity (Wildman–Crippen MR) is 81.1 cm³/mol. The molecule has 3 aromatic rings. The van der Waals surface area contributed by atoms with Gasteiger partial charge in [-0.25, -0.2) is 14.3 Å². The van der Waals surface area contributed by atoms with Crippen molar-refractivity contribution in [1.29, 1.82) is 0 Å². The summed E-state index contributed by atoms with van der Waals surface area (Å²) in [5.74, 6) is -0.348. The van der Waals surface area contributed by atoms with Crippen molar-refractivity contribution in [2.75, 3.05) is 0 Å². The number of carbonyl (C=O) groups is 1. The van der Waals surface area contributed by atoms with Crippen molar-refractivity contribution >= 4 is 34.9 Å². The molecule has 0 spiro atoms. The van der Waals surface area contributed by atoms with Gasteiger partial charge in [-0.15, -0.1) is 5.10 Å². The van der Waals surface area contributed by atoms with Crippen molar-refractivity contribution in [1.82, 2.24) is 19.6 Å². The van der Waals surface area contributed by atoms with Gasteiger partial charge in [0, 0.05) is 27.5 Å². The number of halogens is 2. The number of benzene rings is 1. The summed E-state index contributed by atoms with van der Waals surface area (Å²) in [7, 11) is 0. The second kappa shape index (κ2) is 5.90. The van der Waals surface area contributed by atoms with Gasteiger partial charge >= 0.3 is 5.97 Å². The zero-order valence-electron chi connectivity index (χ0n) is 11.5. The lowest BCUT2D eigenvalue weighted by atomic mass is 10.2. The third kappa shape index (κ3) is 2.88. The smallest absolute Gasteiger partial charge is 0.378 e. The molecule has 6 nitrogen and oxygen atoms in total. The Bertz CT molecular complexity index is 863. The quantitative estimate of drug-likeness (QED) is 0.687. The Hall–Kier alpha value is -2.18. The average molecular weight is 337 g/mol. The van der Waals surface area contributed by atoms with Gasteiger partial charge in [-0.2, -0.15) is 4.98 Å². The maximum Gasteiger partial charge on any atom is 0.378 e. The molecular formula is C14H10Cl2N4O2. The van der Waals surface area contributed by atoms with E-state index in [2.05, 4.69) is 15.1 Å². The van der Waals surface area contributed by atoms with Crippen LogP contribution in [-0.2, 0) is 11.3 Å². The van der Waals surface area contributed by atoms with Gasteiger partial charge in [0.1, 0.15) is 6.61 Å². The summed E-state index contributed by atoms with van der Waals surface area (Å²) in [6.07, 6.45) is 1.60.